The maximum Gasteiger partial charge on any atom is 0.321 e. The van der Waals surface area contributed by atoms with Gasteiger partial charge in [0.1, 0.15) is 0 Å². The molecule has 1 aromatic rings. The first-order chi connectivity index (χ1) is 9.81. The highest BCUT2D eigenvalue weighted by molar-refractivity contribution is 5.96. The van der Waals surface area contributed by atoms with E-state index in [2.05, 4.69) is 10.6 Å². The molecule has 0 saturated heterocycles. The van der Waals surface area contributed by atoms with Gasteiger partial charge in [-0.25, -0.2) is 4.79 Å². The summed E-state index contributed by atoms with van der Waals surface area (Å²) in [4.78, 5) is 34.0. The van der Waals surface area contributed by atoms with Crippen molar-refractivity contribution in [2.24, 2.45) is 5.41 Å². The van der Waals surface area contributed by atoms with E-state index >= 15 is 0 Å². The number of hydrogen-bond donors (Lipinski definition) is 3. The van der Waals surface area contributed by atoms with Crippen molar-refractivity contribution in [3.05, 3.63) is 35.9 Å². The van der Waals surface area contributed by atoms with Gasteiger partial charge in [0.25, 0.3) is 0 Å². The second-order valence-corrected chi connectivity index (χ2v) is 5.41. The molecule has 6 heteroatoms. The van der Waals surface area contributed by atoms with E-state index in [0.717, 1.165) is 5.56 Å². The van der Waals surface area contributed by atoms with Gasteiger partial charge in [-0.15, -0.1) is 0 Å². The smallest absolute Gasteiger partial charge is 0.321 e. The summed E-state index contributed by atoms with van der Waals surface area (Å²) < 4.78 is 0. The second-order valence-electron chi connectivity index (χ2n) is 5.41. The lowest BCUT2D eigenvalue weighted by atomic mass is 9.89. The molecule has 0 bridgehead atoms. The molecule has 0 aliphatic rings. The van der Waals surface area contributed by atoms with Crippen LogP contribution in [0.1, 0.15) is 25.8 Å². The predicted molar refractivity (Wildman–Crippen MR) is 77.7 cm³/mol. The van der Waals surface area contributed by atoms with E-state index in [-0.39, 0.29) is 6.42 Å². The molecular formula is C15H20N2O4. The molecule has 0 aliphatic heterocycles. The highest BCUT2D eigenvalue weighted by Crippen LogP contribution is 2.19. The van der Waals surface area contributed by atoms with Gasteiger partial charge in [-0.2, -0.15) is 0 Å². The van der Waals surface area contributed by atoms with Crippen molar-refractivity contribution in [1.82, 2.24) is 10.6 Å². The van der Waals surface area contributed by atoms with Gasteiger partial charge in [0.05, 0.1) is 5.41 Å². The van der Waals surface area contributed by atoms with Gasteiger partial charge in [0.15, 0.2) is 0 Å². The molecule has 0 fully saturated rings. The quantitative estimate of drug-likeness (QED) is 0.741. The third-order valence-electron chi connectivity index (χ3n) is 2.98. The van der Waals surface area contributed by atoms with Crippen LogP contribution in [-0.2, 0) is 16.0 Å². The van der Waals surface area contributed by atoms with Gasteiger partial charge in [-0.1, -0.05) is 30.3 Å². The van der Waals surface area contributed by atoms with E-state index < -0.39 is 23.3 Å². The standard InChI is InChI=1S/C15H20N2O4/c1-15(2,13(19)20)10-12(18)17-14(21)16-9-8-11-6-4-3-5-7-11/h3-7H,8-10H2,1-2H3,(H,19,20)(H2,16,17,18,21). The number of nitrogens with one attached hydrogen (secondary N) is 2. The lowest BCUT2D eigenvalue weighted by Crippen LogP contribution is -2.42. The van der Waals surface area contributed by atoms with Crippen molar-refractivity contribution < 1.29 is 19.5 Å². The van der Waals surface area contributed by atoms with Crippen molar-refractivity contribution in [1.29, 1.82) is 0 Å². The topological polar surface area (TPSA) is 95.5 Å². The molecule has 0 radical (unpaired) electrons. The lowest BCUT2D eigenvalue weighted by molar-refractivity contribution is -0.149. The number of urea groups is 1. The monoisotopic (exact) mass is 292 g/mol. The van der Waals surface area contributed by atoms with E-state index in [1.165, 1.54) is 13.8 Å². The average molecular weight is 292 g/mol. The van der Waals surface area contributed by atoms with Gasteiger partial charge in [0, 0.05) is 13.0 Å². The molecular weight excluding hydrogens is 272 g/mol. The number of hydrogen-bond acceptors (Lipinski definition) is 3. The summed E-state index contributed by atoms with van der Waals surface area (Å²) in [5, 5.41) is 13.6. The Hall–Kier alpha value is -2.37. The van der Waals surface area contributed by atoms with Crippen LogP contribution in [0.3, 0.4) is 0 Å². The molecule has 6 nitrogen and oxygen atoms in total. The first-order valence-corrected chi connectivity index (χ1v) is 6.66. The molecule has 0 unspecified atom stereocenters. The summed E-state index contributed by atoms with van der Waals surface area (Å²) in [7, 11) is 0. The van der Waals surface area contributed by atoms with E-state index in [4.69, 9.17) is 5.11 Å². The zero-order chi connectivity index (χ0) is 15.9. The Bertz CT molecular complexity index is 512. The van der Waals surface area contributed by atoms with Gasteiger partial charge >= 0.3 is 12.0 Å². The lowest BCUT2D eigenvalue weighted by Gasteiger charge is -2.17. The SMILES string of the molecule is CC(C)(CC(=O)NC(=O)NCCc1ccccc1)C(=O)O. The number of aliphatic carboxylic acids is 1. The minimum Gasteiger partial charge on any atom is -0.481 e. The number of rotatable bonds is 6. The normalized spacial score (nSPS) is 10.8. The van der Waals surface area contributed by atoms with Crippen LogP contribution >= 0.6 is 0 Å². The van der Waals surface area contributed by atoms with Gasteiger partial charge in [0.2, 0.25) is 5.91 Å². The first kappa shape index (κ1) is 16.7. The maximum absolute atomic E-state index is 11.6. The highest BCUT2D eigenvalue weighted by atomic mass is 16.4. The summed E-state index contributed by atoms with van der Waals surface area (Å²) in [6.07, 6.45) is 0.400. The Balaban J connectivity index is 2.30. The maximum atomic E-state index is 11.6. The van der Waals surface area contributed by atoms with Crippen LogP contribution in [-0.4, -0.2) is 29.6 Å². The summed E-state index contributed by atoms with van der Waals surface area (Å²) in [5.74, 6) is -1.69. The number of benzene rings is 1. The predicted octanol–water partition coefficient (Wildman–Crippen LogP) is 1.56. The fourth-order valence-electron chi connectivity index (χ4n) is 1.66. The molecule has 0 atom stereocenters. The van der Waals surface area contributed by atoms with E-state index in [9.17, 15) is 14.4 Å². The van der Waals surface area contributed by atoms with E-state index in [1.807, 2.05) is 30.3 Å². The first-order valence-electron chi connectivity index (χ1n) is 6.66. The second kappa shape index (κ2) is 7.42. The van der Waals surface area contributed by atoms with Crippen molar-refractivity contribution in [2.75, 3.05) is 6.54 Å². The zero-order valence-corrected chi connectivity index (χ0v) is 12.2. The van der Waals surface area contributed by atoms with Crippen molar-refractivity contribution in [3.8, 4) is 0 Å². The number of imide groups is 1. The zero-order valence-electron chi connectivity index (χ0n) is 12.2. The fourth-order valence-corrected chi connectivity index (χ4v) is 1.66. The van der Waals surface area contributed by atoms with Crippen LogP contribution in [0, 0.1) is 5.41 Å². The third kappa shape index (κ3) is 6.07. The van der Waals surface area contributed by atoms with E-state index in [0.29, 0.717) is 13.0 Å². The Morgan fingerprint density at radius 1 is 1.14 bits per heavy atom. The average Bonchev–Trinajstić information content (AvgIpc) is 2.38. The summed E-state index contributed by atoms with van der Waals surface area (Å²) in [6.45, 7) is 3.26. The molecule has 0 spiro atoms. The Kier molecular flexibility index (Phi) is 5.90. The summed E-state index contributed by atoms with van der Waals surface area (Å²) >= 11 is 0. The number of carbonyl (C=O) groups excluding carboxylic acids is 2. The van der Waals surface area contributed by atoms with Crippen LogP contribution in [0.5, 0.6) is 0 Å². The molecule has 1 rings (SSSR count). The summed E-state index contributed by atoms with van der Waals surface area (Å²) in [6, 6.07) is 9.00. The summed E-state index contributed by atoms with van der Waals surface area (Å²) in [5.41, 5.74) is -0.120. The Morgan fingerprint density at radius 2 is 1.76 bits per heavy atom. The fraction of sp³-hybridized carbons (Fsp3) is 0.400. The molecule has 114 valence electrons. The third-order valence-corrected chi connectivity index (χ3v) is 2.98. The highest BCUT2D eigenvalue weighted by Gasteiger charge is 2.30. The van der Waals surface area contributed by atoms with Crippen molar-refractivity contribution in [2.45, 2.75) is 26.7 Å². The minimum absolute atomic E-state index is 0.256. The van der Waals surface area contributed by atoms with Crippen molar-refractivity contribution in [3.63, 3.8) is 0 Å². The Labute approximate surface area is 123 Å². The van der Waals surface area contributed by atoms with Crippen molar-refractivity contribution >= 4 is 17.9 Å². The molecule has 21 heavy (non-hydrogen) atoms. The van der Waals surface area contributed by atoms with Gasteiger partial charge in [-0.3, -0.25) is 14.9 Å². The molecule has 0 aromatic heterocycles. The molecule has 0 aliphatic carbocycles. The number of amides is 3. The largest absolute Gasteiger partial charge is 0.481 e. The molecule has 0 saturated carbocycles. The molecule has 3 amide bonds. The van der Waals surface area contributed by atoms with Crippen LogP contribution in [0.25, 0.3) is 0 Å². The molecule has 1 aromatic carbocycles. The minimum atomic E-state index is -1.20. The number of carboxylic acids is 1. The van der Waals surface area contributed by atoms with Gasteiger partial charge in [-0.05, 0) is 25.8 Å². The van der Waals surface area contributed by atoms with Crippen LogP contribution in [0.2, 0.25) is 0 Å². The number of carbonyl (C=O) groups is 3. The van der Waals surface area contributed by atoms with Crippen LogP contribution < -0.4 is 10.6 Å². The van der Waals surface area contributed by atoms with E-state index in [1.54, 1.807) is 0 Å². The van der Waals surface area contributed by atoms with Crippen LogP contribution in [0.15, 0.2) is 30.3 Å². The molecule has 0 heterocycles. The van der Waals surface area contributed by atoms with Crippen LogP contribution in [0.4, 0.5) is 4.79 Å². The van der Waals surface area contributed by atoms with Gasteiger partial charge < -0.3 is 10.4 Å². The molecule has 3 N–H and O–H groups in total. The number of carboxylic acid groups (broad SMARTS) is 1. The Morgan fingerprint density at radius 3 is 2.33 bits per heavy atom.